The van der Waals surface area contributed by atoms with Gasteiger partial charge in [0.1, 0.15) is 12.1 Å². The maximum absolute atomic E-state index is 14.2. The Balaban J connectivity index is 1.20. The Bertz CT molecular complexity index is 1430. The van der Waals surface area contributed by atoms with E-state index in [0.29, 0.717) is 41.7 Å². The van der Waals surface area contributed by atoms with Gasteiger partial charge in [-0.05, 0) is 120 Å². The van der Waals surface area contributed by atoms with Crippen molar-refractivity contribution in [2.75, 3.05) is 26.2 Å². The minimum absolute atomic E-state index is 0.106. The van der Waals surface area contributed by atoms with E-state index in [1.54, 1.807) is 12.0 Å². The third kappa shape index (κ3) is 8.54. The first-order chi connectivity index (χ1) is 23.8. The number of rotatable bonds is 15. The summed E-state index contributed by atoms with van der Waals surface area (Å²) >= 11 is 5.49. The Morgan fingerprint density at radius 2 is 1.86 bits per heavy atom. The van der Waals surface area contributed by atoms with Crippen LogP contribution < -0.4 is 5.32 Å². The Kier molecular flexibility index (Phi) is 12.5. The molecule has 3 heterocycles. The van der Waals surface area contributed by atoms with Crippen LogP contribution in [-0.4, -0.2) is 87.6 Å². The first-order valence-electron chi connectivity index (χ1n) is 19.1. The zero-order valence-electron chi connectivity index (χ0n) is 31.1. The number of hydrogen-bond acceptors (Lipinski definition) is 8. The molecule has 5 fully saturated rings. The molecule has 2 saturated heterocycles. The molecule has 2 aromatic rings. The fourth-order valence-electron chi connectivity index (χ4n) is 9.82. The zero-order valence-corrected chi connectivity index (χ0v) is 33.5. The Hall–Kier alpha value is -1.37. The highest BCUT2D eigenvalue weighted by Gasteiger charge is 2.57. The van der Waals surface area contributed by atoms with Crippen molar-refractivity contribution in [3.05, 3.63) is 56.2 Å². The van der Waals surface area contributed by atoms with Crippen LogP contribution in [0.3, 0.4) is 0 Å². The van der Waals surface area contributed by atoms with Crippen LogP contribution in [-0.2, 0) is 29.3 Å². The predicted molar refractivity (Wildman–Crippen MR) is 204 cm³/mol. The van der Waals surface area contributed by atoms with Gasteiger partial charge in [0.25, 0.3) is 0 Å². The molecule has 50 heavy (non-hydrogen) atoms. The number of nitrogens with one attached hydrogen (secondary N) is 1. The molecule has 2 bridgehead atoms. The van der Waals surface area contributed by atoms with E-state index in [2.05, 4.69) is 102 Å². The number of amides is 1. The van der Waals surface area contributed by atoms with E-state index in [0.717, 1.165) is 41.8 Å². The molecule has 278 valence electrons. The largest absolute Gasteiger partial charge is 0.394 e. The summed E-state index contributed by atoms with van der Waals surface area (Å²) in [6.07, 6.45) is 4.50. The van der Waals surface area contributed by atoms with Gasteiger partial charge in [-0.15, -0.1) is 11.3 Å². The lowest BCUT2D eigenvalue weighted by atomic mass is 9.45. The fraction of sp³-hybridized carbons (Fsp3) is 0.725. The number of hydrogen-bond donors (Lipinski definition) is 3. The van der Waals surface area contributed by atoms with E-state index in [9.17, 15) is 15.0 Å². The van der Waals surface area contributed by atoms with Gasteiger partial charge in [-0.25, -0.2) is 0 Å². The lowest BCUT2D eigenvalue weighted by molar-refractivity contribution is -0.183. The molecule has 1 aromatic heterocycles. The molecular formula is C40H61BrN4O4S. The number of carbonyl (C=O) groups excluding carboxylic acids is 1. The quantitative estimate of drug-likeness (QED) is 0.186. The van der Waals surface area contributed by atoms with Crippen molar-refractivity contribution >= 4 is 33.2 Å². The molecule has 1 amide bonds. The summed E-state index contributed by atoms with van der Waals surface area (Å²) in [5, 5.41) is 26.4. The number of carbonyl (C=O) groups is 1. The normalized spacial score (nSPS) is 30.9. The first-order valence-corrected chi connectivity index (χ1v) is 20.8. The first kappa shape index (κ1) is 38.4. The molecule has 8 nitrogen and oxygen atoms in total. The molecule has 1 aromatic carbocycles. The summed E-state index contributed by atoms with van der Waals surface area (Å²) in [4.78, 5) is 27.1. The van der Waals surface area contributed by atoms with Crippen molar-refractivity contribution in [1.82, 2.24) is 20.2 Å². The number of benzene rings is 1. The minimum atomic E-state index is -0.810. The Labute approximate surface area is 313 Å². The maximum Gasteiger partial charge on any atom is 0.240 e. The summed E-state index contributed by atoms with van der Waals surface area (Å²) in [7, 11) is 0. The van der Waals surface area contributed by atoms with Gasteiger partial charge in [0.05, 0.1) is 23.0 Å². The van der Waals surface area contributed by atoms with Crippen LogP contribution in [0.25, 0.3) is 0 Å². The third-order valence-corrected chi connectivity index (χ3v) is 14.3. The molecule has 2 aliphatic heterocycles. The van der Waals surface area contributed by atoms with Gasteiger partial charge in [0, 0.05) is 42.5 Å². The number of nitrogens with zero attached hydrogens (tertiary/aromatic N) is 3. The van der Waals surface area contributed by atoms with Crippen LogP contribution in [0, 0.1) is 35.0 Å². The van der Waals surface area contributed by atoms with Crippen molar-refractivity contribution in [2.45, 2.75) is 124 Å². The number of halogens is 1. The number of aliphatic hydroxyl groups is 2. The van der Waals surface area contributed by atoms with E-state index in [1.165, 1.54) is 42.8 Å². The van der Waals surface area contributed by atoms with Gasteiger partial charge in [-0.3, -0.25) is 14.5 Å². The van der Waals surface area contributed by atoms with Gasteiger partial charge in [0.2, 0.25) is 5.91 Å². The number of fused-ring (bicyclic) bond motifs is 2. The smallest absolute Gasteiger partial charge is 0.240 e. The highest BCUT2D eigenvalue weighted by atomic mass is 79.9. The number of thiophene rings is 1. The third-order valence-electron chi connectivity index (χ3n) is 12.7. The summed E-state index contributed by atoms with van der Waals surface area (Å²) in [6, 6.07) is 12.9. The van der Waals surface area contributed by atoms with Crippen LogP contribution in [0.1, 0.15) is 89.7 Å². The summed E-state index contributed by atoms with van der Waals surface area (Å²) in [6.45, 7) is 18.7. The molecule has 10 heteroatoms. The topological polar surface area (TPSA) is 88.5 Å². The van der Waals surface area contributed by atoms with E-state index < -0.39 is 24.2 Å². The molecule has 3 N–H and O–H groups in total. The zero-order chi connectivity index (χ0) is 35.7. The van der Waals surface area contributed by atoms with Crippen LogP contribution in [0.2, 0.25) is 0 Å². The molecule has 0 unspecified atom stereocenters. The average molecular weight is 774 g/mol. The Morgan fingerprint density at radius 3 is 2.48 bits per heavy atom. The SMILES string of the molecule is CC(C)C[C@@H](CN1CCCC1)N(Cc1cccc(CN2O[C@@H](CO)[C@@H]([C@H](C)O)[C@H]2C(=O)N[C@H]2C[C@H]3C[C@@H]([C@@H]2C)C3(C)C)c1)Cc1ccc(Br)s1. The molecule has 3 aliphatic carbocycles. The standard InChI is InChI=1S/C40H61BrN4O4S/c1-25(2)16-31(22-43-14-7-8-15-43)44(23-32-12-13-36(41)50-32)20-28-10-9-11-29(17-28)21-45-38(37(27(4)47)35(24-46)49-45)39(48)42-34-19-30-18-33(26(34)3)40(30,5)6/h9-13,17,25-27,30-31,33-35,37-38,46-47H,7-8,14-16,18-24H2,1-6H3,(H,42,48)/t26-,27-,30+,31-,33-,34-,35-,37+,38-/m0/s1. The number of likely N-dealkylation sites (tertiary alicyclic amines) is 1. The second kappa shape index (κ2) is 16.3. The predicted octanol–water partition coefficient (Wildman–Crippen LogP) is 6.68. The lowest BCUT2D eigenvalue weighted by Crippen LogP contribution is -2.62. The van der Waals surface area contributed by atoms with Crippen molar-refractivity contribution in [1.29, 1.82) is 0 Å². The minimum Gasteiger partial charge on any atom is -0.394 e. The van der Waals surface area contributed by atoms with Crippen molar-refractivity contribution < 1.29 is 19.8 Å². The van der Waals surface area contributed by atoms with Crippen molar-refractivity contribution in [3.8, 4) is 0 Å². The molecule has 0 spiro atoms. The van der Waals surface area contributed by atoms with E-state index in [-0.39, 0.29) is 18.6 Å². The highest BCUT2D eigenvalue weighted by Crippen LogP contribution is 2.61. The van der Waals surface area contributed by atoms with Crippen LogP contribution in [0.4, 0.5) is 0 Å². The van der Waals surface area contributed by atoms with Gasteiger partial charge in [-0.2, -0.15) is 5.06 Å². The summed E-state index contributed by atoms with van der Waals surface area (Å²) in [5.41, 5.74) is 2.62. The van der Waals surface area contributed by atoms with Crippen molar-refractivity contribution in [2.24, 2.45) is 35.0 Å². The molecule has 9 atom stereocenters. The molecule has 0 radical (unpaired) electrons. The molecule has 7 rings (SSSR count). The monoisotopic (exact) mass is 772 g/mol. The van der Waals surface area contributed by atoms with Gasteiger partial charge in [-0.1, -0.05) is 58.9 Å². The van der Waals surface area contributed by atoms with Crippen LogP contribution >= 0.6 is 27.3 Å². The number of aliphatic hydroxyl groups excluding tert-OH is 2. The molecular weight excluding hydrogens is 712 g/mol. The van der Waals surface area contributed by atoms with Gasteiger partial charge >= 0.3 is 0 Å². The average Bonchev–Trinajstić information content (AvgIpc) is 3.81. The highest BCUT2D eigenvalue weighted by molar-refractivity contribution is 9.11. The van der Waals surface area contributed by atoms with Crippen molar-refractivity contribution in [3.63, 3.8) is 0 Å². The molecule has 5 aliphatic rings. The van der Waals surface area contributed by atoms with E-state index in [1.807, 2.05) is 11.3 Å². The second-order valence-corrected chi connectivity index (χ2v) is 19.5. The van der Waals surface area contributed by atoms with E-state index in [4.69, 9.17) is 4.84 Å². The van der Waals surface area contributed by atoms with Crippen LogP contribution in [0.5, 0.6) is 0 Å². The number of hydroxylamine groups is 2. The van der Waals surface area contributed by atoms with E-state index >= 15 is 0 Å². The lowest BCUT2D eigenvalue weighted by Gasteiger charge is -2.62. The summed E-state index contributed by atoms with van der Waals surface area (Å²) < 4.78 is 1.16. The fourth-order valence-corrected chi connectivity index (χ4v) is 11.3. The second-order valence-electron chi connectivity index (χ2n) is 17.0. The van der Waals surface area contributed by atoms with Crippen LogP contribution in [0.15, 0.2) is 40.2 Å². The summed E-state index contributed by atoms with van der Waals surface area (Å²) in [5.74, 6) is 1.59. The van der Waals surface area contributed by atoms with Gasteiger partial charge < -0.3 is 20.4 Å². The Morgan fingerprint density at radius 1 is 1.12 bits per heavy atom. The van der Waals surface area contributed by atoms with Gasteiger partial charge in [0.15, 0.2) is 0 Å². The molecule has 3 saturated carbocycles. The maximum atomic E-state index is 14.2.